The van der Waals surface area contributed by atoms with Gasteiger partial charge in [0, 0.05) is 32.5 Å². The van der Waals surface area contributed by atoms with Crippen molar-refractivity contribution in [3.63, 3.8) is 0 Å². The highest BCUT2D eigenvalue weighted by atomic mass is 79.9. The molecule has 0 radical (unpaired) electrons. The summed E-state index contributed by atoms with van der Waals surface area (Å²) in [5, 5.41) is 0. The second kappa shape index (κ2) is 11.8. The molecular formula is C28H22Br2N2O3. The zero-order valence-corrected chi connectivity index (χ0v) is 22.3. The van der Waals surface area contributed by atoms with Crippen molar-refractivity contribution < 1.29 is 14.2 Å². The summed E-state index contributed by atoms with van der Waals surface area (Å²) >= 11 is 6.95. The van der Waals surface area contributed by atoms with Crippen molar-refractivity contribution in [1.29, 1.82) is 0 Å². The quantitative estimate of drug-likeness (QED) is 0.192. The number of rotatable bonds is 8. The predicted octanol–water partition coefficient (Wildman–Crippen LogP) is 8.52. The van der Waals surface area contributed by atoms with Gasteiger partial charge in [0.1, 0.15) is 23.0 Å². The van der Waals surface area contributed by atoms with Crippen LogP contribution in [0.4, 0.5) is 11.4 Å². The Morgan fingerprint density at radius 1 is 0.571 bits per heavy atom. The third-order valence-corrected chi connectivity index (χ3v) is 5.98. The van der Waals surface area contributed by atoms with Crippen LogP contribution >= 0.6 is 31.9 Å². The van der Waals surface area contributed by atoms with Gasteiger partial charge in [-0.15, -0.1) is 0 Å². The fourth-order valence-electron chi connectivity index (χ4n) is 3.24. The highest BCUT2D eigenvalue weighted by Gasteiger charge is 2.03. The SMILES string of the molecule is COc1ccc(Br)cc1C=Nc1ccc(Oc2ccc(N=Cc3cc(Br)ccc3OC)cc2)cc1. The van der Waals surface area contributed by atoms with Gasteiger partial charge >= 0.3 is 0 Å². The molecule has 5 nitrogen and oxygen atoms in total. The molecule has 0 saturated carbocycles. The van der Waals surface area contributed by atoms with E-state index in [0.717, 1.165) is 54.4 Å². The molecule has 7 heteroatoms. The maximum atomic E-state index is 5.96. The van der Waals surface area contributed by atoms with Gasteiger partial charge in [0.2, 0.25) is 0 Å². The Kier molecular flexibility index (Phi) is 8.34. The fraction of sp³-hybridized carbons (Fsp3) is 0.0714. The number of ether oxygens (including phenoxy) is 3. The minimum Gasteiger partial charge on any atom is -0.496 e. The monoisotopic (exact) mass is 592 g/mol. The van der Waals surface area contributed by atoms with E-state index in [1.165, 1.54) is 0 Å². The Labute approximate surface area is 221 Å². The van der Waals surface area contributed by atoms with Gasteiger partial charge in [0.05, 0.1) is 25.6 Å². The first-order valence-electron chi connectivity index (χ1n) is 10.7. The largest absolute Gasteiger partial charge is 0.496 e. The lowest BCUT2D eigenvalue weighted by atomic mass is 10.2. The summed E-state index contributed by atoms with van der Waals surface area (Å²) in [7, 11) is 3.29. The summed E-state index contributed by atoms with van der Waals surface area (Å²) in [6, 6.07) is 26.7. The molecule has 176 valence electrons. The number of benzene rings is 4. The molecule has 0 fully saturated rings. The minimum absolute atomic E-state index is 0.721. The Morgan fingerprint density at radius 3 is 1.34 bits per heavy atom. The van der Waals surface area contributed by atoms with Crippen LogP contribution in [0.3, 0.4) is 0 Å². The second-order valence-corrected chi connectivity index (χ2v) is 9.21. The molecular weight excluding hydrogens is 572 g/mol. The lowest BCUT2D eigenvalue weighted by Crippen LogP contribution is -1.90. The standard InChI is InChI=1S/C28H22Br2N2O3/c1-33-27-13-3-21(29)15-19(27)17-31-23-5-9-25(10-6-23)35-26-11-7-24(8-12-26)32-18-20-16-22(30)4-14-28(20)34-2/h3-18H,1-2H3. The van der Waals surface area contributed by atoms with Crippen LogP contribution in [0.25, 0.3) is 0 Å². The maximum absolute atomic E-state index is 5.96. The molecule has 0 amide bonds. The number of nitrogens with zero attached hydrogens (tertiary/aromatic N) is 2. The van der Waals surface area contributed by atoms with Crippen molar-refractivity contribution in [2.24, 2.45) is 9.98 Å². The molecule has 0 aliphatic rings. The molecule has 4 rings (SSSR count). The summed E-state index contributed by atoms with van der Waals surface area (Å²) in [5.74, 6) is 2.97. The minimum atomic E-state index is 0.721. The van der Waals surface area contributed by atoms with E-state index in [0.29, 0.717) is 0 Å². The number of aliphatic imine (C=N–C) groups is 2. The third-order valence-electron chi connectivity index (χ3n) is 5.00. The summed E-state index contributed by atoms with van der Waals surface area (Å²) in [6.45, 7) is 0. The van der Waals surface area contributed by atoms with Gasteiger partial charge in [-0.1, -0.05) is 31.9 Å². The van der Waals surface area contributed by atoms with E-state index < -0.39 is 0 Å². The van der Waals surface area contributed by atoms with Crippen LogP contribution in [0.2, 0.25) is 0 Å². The van der Waals surface area contributed by atoms with Gasteiger partial charge < -0.3 is 14.2 Å². The van der Waals surface area contributed by atoms with E-state index in [9.17, 15) is 0 Å². The van der Waals surface area contributed by atoms with Gasteiger partial charge in [0.15, 0.2) is 0 Å². The Hall–Kier alpha value is -3.42. The molecule has 0 saturated heterocycles. The molecule has 4 aromatic rings. The third kappa shape index (κ3) is 6.81. The van der Waals surface area contributed by atoms with Gasteiger partial charge in [-0.2, -0.15) is 0 Å². The van der Waals surface area contributed by atoms with Crippen LogP contribution in [0.5, 0.6) is 23.0 Å². The Balaban J connectivity index is 1.40. The first-order valence-corrected chi connectivity index (χ1v) is 12.3. The first kappa shape index (κ1) is 24.7. The van der Waals surface area contributed by atoms with Crippen LogP contribution in [0.15, 0.2) is 104 Å². The Morgan fingerprint density at radius 2 is 0.971 bits per heavy atom. The molecule has 35 heavy (non-hydrogen) atoms. The molecule has 0 aromatic heterocycles. The molecule has 0 atom stereocenters. The highest BCUT2D eigenvalue weighted by molar-refractivity contribution is 9.10. The molecule has 0 N–H and O–H groups in total. The van der Waals surface area contributed by atoms with E-state index in [4.69, 9.17) is 14.2 Å². The van der Waals surface area contributed by atoms with Crippen LogP contribution in [-0.2, 0) is 0 Å². The van der Waals surface area contributed by atoms with Crippen LogP contribution in [-0.4, -0.2) is 26.6 Å². The molecule has 0 aliphatic carbocycles. The Bertz CT molecular complexity index is 1250. The molecule has 0 heterocycles. The van der Waals surface area contributed by atoms with Gasteiger partial charge in [0.25, 0.3) is 0 Å². The summed E-state index contributed by atoms with van der Waals surface area (Å²) in [4.78, 5) is 9.08. The smallest absolute Gasteiger partial charge is 0.127 e. The fourth-order valence-corrected chi connectivity index (χ4v) is 3.99. The number of hydrogen-bond acceptors (Lipinski definition) is 5. The summed E-state index contributed by atoms with van der Waals surface area (Å²) < 4.78 is 18.7. The van der Waals surface area contributed by atoms with Gasteiger partial charge in [-0.25, -0.2) is 0 Å². The lowest BCUT2D eigenvalue weighted by Gasteiger charge is -2.07. The number of methoxy groups -OCH3 is 2. The molecule has 0 unspecified atom stereocenters. The zero-order valence-electron chi connectivity index (χ0n) is 19.1. The van der Waals surface area contributed by atoms with E-state index in [2.05, 4.69) is 41.8 Å². The number of hydrogen-bond donors (Lipinski definition) is 0. The summed E-state index contributed by atoms with van der Waals surface area (Å²) in [5.41, 5.74) is 3.41. The topological polar surface area (TPSA) is 52.4 Å². The summed E-state index contributed by atoms with van der Waals surface area (Å²) in [6.07, 6.45) is 3.56. The molecule has 4 aromatic carbocycles. The van der Waals surface area contributed by atoms with Crippen LogP contribution in [0.1, 0.15) is 11.1 Å². The highest BCUT2D eigenvalue weighted by Crippen LogP contribution is 2.28. The number of halogens is 2. The zero-order chi connectivity index (χ0) is 24.6. The van der Waals surface area contributed by atoms with Gasteiger partial charge in [-0.3, -0.25) is 9.98 Å². The second-order valence-electron chi connectivity index (χ2n) is 7.38. The van der Waals surface area contributed by atoms with Crippen molar-refractivity contribution in [3.05, 3.63) is 105 Å². The predicted molar refractivity (Wildman–Crippen MR) is 149 cm³/mol. The lowest BCUT2D eigenvalue weighted by molar-refractivity contribution is 0.414. The van der Waals surface area contributed by atoms with Crippen LogP contribution < -0.4 is 14.2 Å². The van der Waals surface area contributed by atoms with Crippen molar-refractivity contribution in [2.45, 2.75) is 0 Å². The molecule has 0 bridgehead atoms. The van der Waals surface area contributed by atoms with Crippen LogP contribution in [0, 0.1) is 0 Å². The average Bonchev–Trinajstić information content (AvgIpc) is 2.88. The van der Waals surface area contributed by atoms with E-state index in [-0.39, 0.29) is 0 Å². The van der Waals surface area contributed by atoms with Crippen molar-refractivity contribution in [2.75, 3.05) is 14.2 Å². The van der Waals surface area contributed by atoms with E-state index in [1.807, 2.05) is 84.9 Å². The van der Waals surface area contributed by atoms with Crippen molar-refractivity contribution >= 4 is 55.7 Å². The van der Waals surface area contributed by atoms with E-state index in [1.54, 1.807) is 26.6 Å². The van der Waals surface area contributed by atoms with E-state index >= 15 is 0 Å². The van der Waals surface area contributed by atoms with Crippen molar-refractivity contribution in [1.82, 2.24) is 0 Å². The first-order chi connectivity index (χ1) is 17.0. The molecule has 0 spiro atoms. The van der Waals surface area contributed by atoms with Crippen molar-refractivity contribution in [3.8, 4) is 23.0 Å². The normalized spacial score (nSPS) is 11.2. The maximum Gasteiger partial charge on any atom is 0.127 e. The average molecular weight is 594 g/mol. The molecule has 0 aliphatic heterocycles. The van der Waals surface area contributed by atoms with Gasteiger partial charge in [-0.05, 0) is 84.9 Å².